The van der Waals surface area contributed by atoms with Crippen LogP contribution >= 0.6 is 0 Å². The number of aliphatic hydroxyl groups is 1. The van der Waals surface area contributed by atoms with Crippen LogP contribution in [0.15, 0.2) is 48.0 Å². The predicted octanol–water partition coefficient (Wildman–Crippen LogP) is 4.25. The van der Waals surface area contributed by atoms with E-state index in [-0.39, 0.29) is 17.4 Å². The van der Waals surface area contributed by atoms with Crippen LogP contribution in [0.4, 0.5) is 0 Å². The maximum Gasteiger partial charge on any atom is 0.295 e. The molecule has 1 aliphatic heterocycles. The molecular formula is C26H31NO6. The first kappa shape index (κ1) is 24.3. The lowest BCUT2D eigenvalue weighted by atomic mass is 9.94. The van der Waals surface area contributed by atoms with Gasteiger partial charge in [-0.2, -0.15) is 0 Å². The van der Waals surface area contributed by atoms with Crippen LogP contribution in [0, 0.1) is 6.92 Å². The van der Waals surface area contributed by atoms with Gasteiger partial charge in [0.15, 0.2) is 0 Å². The van der Waals surface area contributed by atoms with Crippen LogP contribution in [0.5, 0.6) is 11.5 Å². The second-order valence-corrected chi connectivity index (χ2v) is 8.25. The third-order valence-electron chi connectivity index (χ3n) is 5.55. The first-order chi connectivity index (χ1) is 15.8. The molecule has 1 atom stereocenters. The average Bonchev–Trinajstić information content (AvgIpc) is 3.06. The maximum absolute atomic E-state index is 13.2. The average molecular weight is 454 g/mol. The number of carbonyl (C=O) groups is 2. The van der Waals surface area contributed by atoms with Crippen LogP contribution in [-0.4, -0.2) is 55.2 Å². The summed E-state index contributed by atoms with van der Waals surface area (Å²) in [6.07, 6.45) is 0.628. The Kier molecular flexibility index (Phi) is 7.76. The van der Waals surface area contributed by atoms with Gasteiger partial charge in [0.2, 0.25) is 0 Å². The van der Waals surface area contributed by atoms with Crippen LogP contribution < -0.4 is 9.47 Å². The van der Waals surface area contributed by atoms with Gasteiger partial charge in [-0.1, -0.05) is 23.8 Å². The van der Waals surface area contributed by atoms with Crippen LogP contribution in [0.1, 0.15) is 43.0 Å². The summed E-state index contributed by atoms with van der Waals surface area (Å²) in [7, 11) is 3.05. The van der Waals surface area contributed by atoms with Crippen molar-refractivity contribution in [1.82, 2.24) is 4.90 Å². The summed E-state index contributed by atoms with van der Waals surface area (Å²) in [4.78, 5) is 27.7. The molecule has 7 nitrogen and oxygen atoms in total. The van der Waals surface area contributed by atoms with E-state index >= 15 is 0 Å². The Morgan fingerprint density at radius 2 is 1.85 bits per heavy atom. The quantitative estimate of drug-likeness (QED) is 0.264. The molecule has 0 saturated carbocycles. The number of Topliss-reactive ketones (excluding diaryl/α,β-unsaturated/α-hetero) is 1. The molecule has 1 unspecified atom stereocenters. The minimum absolute atomic E-state index is 0.0296. The van der Waals surface area contributed by atoms with Gasteiger partial charge in [-0.15, -0.1) is 0 Å². The molecule has 2 aromatic carbocycles. The van der Waals surface area contributed by atoms with Crippen molar-refractivity contribution in [2.75, 3.05) is 27.4 Å². The van der Waals surface area contributed by atoms with E-state index in [0.717, 1.165) is 5.56 Å². The molecule has 0 bridgehead atoms. The Bertz CT molecular complexity index is 1060. The Labute approximate surface area is 194 Å². The fourth-order valence-corrected chi connectivity index (χ4v) is 3.97. The summed E-state index contributed by atoms with van der Waals surface area (Å²) in [5, 5.41) is 11.3. The number of rotatable bonds is 9. The first-order valence-electron chi connectivity index (χ1n) is 11.0. The molecule has 0 aromatic heterocycles. The number of aryl methyl sites for hydroxylation is 1. The Hall–Kier alpha value is -3.32. The smallest absolute Gasteiger partial charge is 0.295 e. The molecule has 1 saturated heterocycles. The number of aliphatic hydroxyl groups excluding tert-OH is 1. The van der Waals surface area contributed by atoms with Gasteiger partial charge in [0.25, 0.3) is 11.7 Å². The number of hydrogen-bond donors (Lipinski definition) is 1. The number of benzene rings is 2. The number of methoxy groups -OCH3 is 2. The fraction of sp³-hybridized carbons (Fsp3) is 0.385. The van der Waals surface area contributed by atoms with Crippen molar-refractivity contribution in [3.63, 3.8) is 0 Å². The normalized spacial score (nSPS) is 17.6. The molecule has 0 radical (unpaired) electrons. The van der Waals surface area contributed by atoms with E-state index in [4.69, 9.17) is 14.2 Å². The number of ketones is 1. The van der Waals surface area contributed by atoms with Crippen molar-refractivity contribution < 1.29 is 28.9 Å². The number of amides is 1. The lowest BCUT2D eigenvalue weighted by molar-refractivity contribution is -0.140. The number of likely N-dealkylation sites (tertiary alicyclic amines) is 1. The van der Waals surface area contributed by atoms with E-state index in [1.807, 2.05) is 32.9 Å². The summed E-state index contributed by atoms with van der Waals surface area (Å²) in [6, 6.07) is 11.7. The Balaban J connectivity index is 2.12. The van der Waals surface area contributed by atoms with Crippen molar-refractivity contribution in [3.8, 4) is 11.5 Å². The molecule has 1 heterocycles. The fourth-order valence-electron chi connectivity index (χ4n) is 3.97. The number of ether oxygens (including phenoxy) is 3. The van der Waals surface area contributed by atoms with E-state index in [2.05, 4.69) is 0 Å². The summed E-state index contributed by atoms with van der Waals surface area (Å²) >= 11 is 0. The third kappa shape index (κ3) is 5.20. The van der Waals surface area contributed by atoms with Crippen LogP contribution in [0.2, 0.25) is 0 Å². The number of nitrogens with zero attached hydrogens (tertiary/aromatic N) is 1. The maximum atomic E-state index is 13.2. The van der Waals surface area contributed by atoms with Gasteiger partial charge in [0.1, 0.15) is 17.3 Å². The molecule has 176 valence electrons. The number of hydrogen-bond acceptors (Lipinski definition) is 6. The minimum Gasteiger partial charge on any atom is -0.507 e. The molecular weight excluding hydrogens is 422 g/mol. The topological polar surface area (TPSA) is 85.3 Å². The summed E-state index contributed by atoms with van der Waals surface area (Å²) in [6.45, 7) is 6.52. The molecule has 7 heteroatoms. The van der Waals surface area contributed by atoms with E-state index in [9.17, 15) is 14.7 Å². The zero-order valence-electron chi connectivity index (χ0n) is 19.8. The van der Waals surface area contributed by atoms with Crippen molar-refractivity contribution in [3.05, 3.63) is 64.7 Å². The van der Waals surface area contributed by atoms with Crippen molar-refractivity contribution in [2.24, 2.45) is 0 Å². The van der Waals surface area contributed by atoms with Crippen molar-refractivity contribution in [2.45, 2.75) is 39.3 Å². The molecule has 2 aromatic rings. The predicted molar refractivity (Wildman–Crippen MR) is 125 cm³/mol. The summed E-state index contributed by atoms with van der Waals surface area (Å²) in [5.74, 6) is -0.634. The molecule has 1 fully saturated rings. The Morgan fingerprint density at radius 3 is 2.52 bits per heavy atom. The lowest BCUT2D eigenvalue weighted by Gasteiger charge is -2.26. The van der Waals surface area contributed by atoms with E-state index in [1.165, 1.54) is 12.0 Å². The van der Waals surface area contributed by atoms with E-state index < -0.39 is 17.7 Å². The third-order valence-corrected chi connectivity index (χ3v) is 5.55. The Morgan fingerprint density at radius 1 is 1.09 bits per heavy atom. The van der Waals surface area contributed by atoms with Gasteiger partial charge < -0.3 is 24.2 Å². The van der Waals surface area contributed by atoms with Gasteiger partial charge >= 0.3 is 0 Å². The van der Waals surface area contributed by atoms with Crippen LogP contribution in [0.3, 0.4) is 0 Å². The highest BCUT2D eigenvalue weighted by Crippen LogP contribution is 2.41. The highest BCUT2D eigenvalue weighted by Gasteiger charge is 2.46. The molecule has 33 heavy (non-hydrogen) atoms. The highest BCUT2D eigenvalue weighted by atomic mass is 16.5. The zero-order chi connectivity index (χ0) is 24.1. The van der Waals surface area contributed by atoms with Crippen LogP contribution in [-0.2, 0) is 14.3 Å². The van der Waals surface area contributed by atoms with E-state index in [1.54, 1.807) is 37.4 Å². The van der Waals surface area contributed by atoms with Gasteiger partial charge in [-0.3, -0.25) is 9.59 Å². The van der Waals surface area contributed by atoms with Gasteiger partial charge in [-0.25, -0.2) is 0 Å². The monoisotopic (exact) mass is 453 g/mol. The molecule has 1 amide bonds. The molecule has 3 rings (SSSR count). The first-order valence-corrected chi connectivity index (χ1v) is 11.0. The lowest BCUT2D eigenvalue weighted by Crippen LogP contribution is -2.31. The second kappa shape index (κ2) is 10.5. The molecule has 0 aliphatic carbocycles. The number of carbonyl (C=O) groups excluding carboxylic acids is 2. The minimum atomic E-state index is -0.760. The standard InChI is InChI=1S/C26H31NO6/c1-16(2)33-13-7-12-27-23(18-8-6-9-19(15-18)31-4)22(25(29)26(27)30)24(28)20-14-17(3)10-11-21(20)32-5/h6,8-11,14-16,23,28H,7,12-13H2,1-5H3/b24-22+. The van der Waals surface area contributed by atoms with E-state index in [0.29, 0.717) is 42.2 Å². The zero-order valence-corrected chi connectivity index (χ0v) is 19.8. The van der Waals surface area contributed by atoms with Crippen LogP contribution in [0.25, 0.3) is 5.76 Å². The second-order valence-electron chi connectivity index (χ2n) is 8.25. The largest absolute Gasteiger partial charge is 0.507 e. The highest BCUT2D eigenvalue weighted by molar-refractivity contribution is 6.46. The summed E-state index contributed by atoms with van der Waals surface area (Å²) < 4.78 is 16.4. The molecule has 1 N–H and O–H groups in total. The van der Waals surface area contributed by atoms with Gasteiger partial charge in [0.05, 0.1) is 37.5 Å². The summed E-state index contributed by atoms with van der Waals surface area (Å²) in [5.41, 5.74) is 1.95. The molecule has 1 aliphatic rings. The van der Waals surface area contributed by atoms with Gasteiger partial charge in [-0.05, 0) is 57.0 Å². The van der Waals surface area contributed by atoms with Crippen molar-refractivity contribution >= 4 is 17.4 Å². The molecule has 0 spiro atoms. The van der Waals surface area contributed by atoms with Crippen molar-refractivity contribution in [1.29, 1.82) is 0 Å². The SMILES string of the molecule is COc1cccc(C2/C(=C(\O)c3cc(C)ccc3OC)C(=O)C(=O)N2CCCOC(C)C)c1. The van der Waals surface area contributed by atoms with Gasteiger partial charge in [0, 0.05) is 13.2 Å².